The lowest BCUT2D eigenvalue weighted by atomic mass is 10.2. The van der Waals surface area contributed by atoms with Crippen molar-refractivity contribution < 1.29 is 13.2 Å². The Morgan fingerprint density at radius 2 is 2.11 bits per heavy atom. The predicted octanol–water partition coefficient (Wildman–Crippen LogP) is 1.93. The number of nitrogens with zero attached hydrogens (tertiary/aromatic N) is 2. The summed E-state index contributed by atoms with van der Waals surface area (Å²) in [4.78, 5) is 0.257. The van der Waals surface area contributed by atoms with Gasteiger partial charge in [-0.05, 0) is 30.7 Å². The molecular formula is C13H18N2O3S. The van der Waals surface area contributed by atoms with E-state index in [9.17, 15) is 8.42 Å². The van der Waals surface area contributed by atoms with E-state index in [0.29, 0.717) is 17.9 Å². The molecule has 1 aromatic rings. The Bertz CT molecular complexity index is 576. The van der Waals surface area contributed by atoms with E-state index in [4.69, 9.17) is 10.00 Å². The van der Waals surface area contributed by atoms with E-state index in [0.717, 1.165) is 0 Å². The van der Waals surface area contributed by atoms with E-state index >= 15 is 0 Å². The second-order valence-corrected chi connectivity index (χ2v) is 5.94. The van der Waals surface area contributed by atoms with Crippen molar-refractivity contribution >= 4 is 10.0 Å². The Labute approximate surface area is 114 Å². The number of hydrogen-bond donors (Lipinski definition) is 0. The van der Waals surface area contributed by atoms with Gasteiger partial charge in [-0.2, -0.15) is 9.57 Å². The fourth-order valence-electron chi connectivity index (χ4n) is 1.80. The first-order chi connectivity index (χ1) is 8.97. The van der Waals surface area contributed by atoms with Crippen LogP contribution in [0, 0.1) is 18.3 Å². The second kappa shape index (κ2) is 6.55. The van der Waals surface area contributed by atoms with Crippen molar-refractivity contribution in [2.24, 2.45) is 0 Å². The number of nitriles is 1. The highest BCUT2D eigenvalue weighted by molar-refractivity contribution is 7.89. The van der Waals surface area contributed by atoms with Gasteiger partial charge in [0, 0.05) is 19.5 Å². The Morgan fingerprint density at radius 1 is 1.42 bits per heavy atom. The largest absolute Gasteiger partial charge is 0.497 e. The molecule has 1 rings (SSSR count). The summed E-state index contributed by atoms with van der Waals surface area (Å²) in [5.41, 5.74) is 0.634. The first-order valence-corrected chi connectivity index (χ1v) is 7.43. The zero-order valence-corrected chi connectivity index (χ0v) is 12.2. The summed E-state index contributed by atoms with van der Waals surface area (Å²) in [6.07, 6.45) is 0.183. The third kappa shape index (κ3) is 3.46. The molecule has 19 heavy (non-hydrogen) atoms. The molecule has 0 saturated heterocycles. The molecule has 0 heterocycles. The zero-order valence-electron chi connectivity index (χ0n) is 11.4. The van der Waals surface area contributed by atoms with Gasteiger partial charge in [0.25, 0.3) is 0 Å². The quantitative estimate of drug-likeness (QED) is 0.799. The van der Waals surface area contributed by atoms with E-state index in [2.05, 4.69) is 0 Å². The molecule has 6 heteroatoms. The monoisotopic (exact) mass is 282 g/mol. The van der Waals surface area contributed by atoms with Crippen LogP contribution >= 0.6 is 0 Å². The predicted molar refractivity (Wildman–Crippen MR) is 72.4 cm³/mol. The SMILES string of the molecule is CCN(CCC#N)S(=O)(=O)c1ccc(OC)cc1C. The highest BCUT2D eigenvalue weighted by Gasteiger charge is 2.24. The molecule has 0 atom stereocenters. The molecule has 0 aliphatic carbocycles. The topological polar surface area (TPSA) is 70.4 Å². The molecule has 0 aromatic heterocycles. The highest BCUT2D eigenvalue weighted by Crippen LogP contribution is 2.24. The van der Waals surface area contributed by atoms with Gasteiger partial charge < -0.3 is 4.74 Å². The minimum atomic E-state index is -3.55. The summed E-state index contributed by atoms with van der Waals surface area (Å²) in [5, 5.41) is 8.58. The first kappa shape index (κ1) is 15.5. The Hall–Kier alpha value is -1.58. The smallest absolute Gasteiger partial charge is 0.243 e. The molecule has 0 unspecified atom stereocenters. The number of rotatable bonds is 6. The van der Waals surface area contributed by atoms with Crippen LogP contribution in [0.3, 0.4) is 0 Å². The molecule has 0 saturated carbocycles. The van der Waals surface area contributed by atoms with Crippen LogP contribution in [0.5, 0.6) is 5.75 Å². The summed E-state index contributed by atoms with van der Waals surface area (Å²) >= 11 is 0. The van der Waals surface area contributed by atoms with Crippen molar-refractivity contribution in [1.29, 1.82) is 5.26 Å². The van der Waals surface area contributed by atoms with Gasteiger partial charge in [-0.15, -0.1) is 0 Å². The molecule has 0 aliphatic heterocycles. The molecular weight excluding hydrogens is 264 g/mol. The summed E-state index contributed by atoms with van der Waals surface area (Å²) in [6.45, 7) is 4.04. The lowest BCUT2D eigenvalue weighted by Gasteiger charge is -2.20. The number of ether oxygens (including phenoxy) is 1. The van der Waals surface area contributed by atoms with Crippen LogP contribution in [0.1, 0.15) is 18.9 Å². The summed E-state index contributed by atoms with van der Waals surface area (Å²) in [6, 6.07) is 6.81. The lowest BCUT2D eigenvalue weighted by molar-refractivity contribution is 0.413. The third-order valence-corrected chi connectivity index (χ3v) is 4.96. The third-order valence-electron chi connectivity index (χ3n) is 2.83. The fourth-order valence-corrected chi connectivity index (χ4v) is 3.46. The first-order valence-electron chi connectivity index (χ1n) is 5.99. The van der Waals surface area contributed by atoms with Gasteiger partial charge in [-0.3, -0.25) is 0 Å². The number of hydrogen-bond acceptors (Lipinski definition) is 4. The Morgan fingerprint density at radius 3 is 2.58 bits per heavy atom. The fraction of sp³-hybridized carbons (Fsp3) is 0.462. The Kier molecular flexibility index (Phi) is 5.33. The van der Waals surface area contributed by atoms with Gasteiger partial charge in [-0.25, -0.2) is 8.42 Å². The summed E-state index contributed by atoms with van der Waals surface area (Å²) in [5.74, 6) is 0.622. The standard InChI is InChI=1S/C13H18N2O3S/c1-4-15(9-5-8-14)19(16,17)13-7-6-12(18-3)10-11(13)2/h6-7,10H,4-5,9H2,1-3H3. The van der Waals surface area contributed by atoms with Gasteiger partial charge in [0.15, 0.2) is 0 Å². The van der Waals surface area contributed by atoms with Crippen LogP contribution in [0.2, 0.25) is 0 Å². The normalized spacial score (nSPS) is 11.3. The second-order valence-electron chi connectivity index (χ2n) is 4.04. The molecule has 1 aromatic carbocycles. The molecule has 104 valence electrons. The molecule has 5 nitrogen and oxygen atoms in total. The van der Waals surface area contributed by atoms with E-state index in [1.54, 1.807) is 32.0 Å². The van der Waals surface area contributed by atoms with E-state index in [1.807, 2.05) is 6.07 Å². The maximum atomic E-state index is 12.5. The van der Waals surface area contributed by atoms with Crippen molar-refractivity contribution in [1.82, 2.24) is 4.31 Å². The maximum absolute atomic E-state index is 12.5. The highest BCUT2D eigenvalue weighted by atomic mass is 32.2. The van der Waals surface area contributed by atoms with Gasteiger partial charge in [0.2, 0.25) is 10.0 Å². The van der Waals surface area contributed by atoms with Crippen molar-refractivity contribution in [3.05, 3.63) is 23.8 Å². The van der Waals surface area contributed by atoms with Crippen molar-refractivity contribution in [2.45, 2.75) is 25.2 Å². The van der Waals surface area contributed by atoms with Crippen molar-refractivity contribution in [3.63, 3.8) is 0 Å². The van der Waals surface area contributed by atoms with E-state index in [1.165, 1.54) is 11.4 Å². The van der Waals surface area contributed by atoms with E-state index in [-0.39, 0.29) is 17.9 Å². The molecule has 0 spiro atoms. The molecule has 0 aliphatic rings. The summed E-state index contributed by atoms with van der Waals surface area (Å²) < 4.78 is 31.3. The number of benzene rings is 1. The average molecular weight is 282 g/mol. The zero-order chi connectivity index (χ0) is 14.5. The van der Waals surface area contributed by atoms with Crippen molar-refractivity contribution in [2.75, 3.05) is 20.2 Å². The van der Waals surface area contributed by atoms with Crippen LogP contribution in [0.4, 0.5) is 0 Å². The van der Waals surface area contributed by atoms with Gasteiger partial charge in [0.1, 0.15) is 5.75 Å². The number of methoxy groups -OCH3 is 1. The molecule has 0 amide bonds. The van der Waals surface area contributed by atoms with Crippen molar-refractivity contribution in [3.8, 4) is 11.8 Å². The van der Waals surface area contributed by atoms with Gasteiger partial charge in [-0.1, -0.05) is 6.92 Å². The number of sulfonamides is 1. The van der Waals surface area contributed by atoms with Crippen LogP contribution in [-0.4, -0.2) is 32.9 Å². The Balaban J connectivity index is 3.15. The molecule has 0 N–H and O–H groups in total. The molecule has 0 bridgehead atoms. The minimum Gasteiger partial charge on any atom is -0.497 e. The van der Waals surface area contributed by atoms with Crippen LogP contribution in [-0.2, 0) is 10.0 Å². The summed E-state index contributed by atoms with van der Waals surface area (Å²) in [7, 11) is -2.02. The molecule has 0 radical (unpaired) electrons. The van der Waals surface area contributed by atoms with Gasteiger partial charge >= 0.3 is 0 Å². The minimum absolute atomic E-state index is 0.183. The lowest BCUT2D eigenvalue weighted by Crippen LogP contribution is -2.32. The number of aryl methyl sites for hydroxylation is 1. The average Bonchev–Trinajstić information content (AvgIpc) is 2.38. The maximum Gasteiger partial charge on any atom is 0.243 e. The molecule has 0 fully saturated rings. The van der Waals surface area contributed by atoms with Gasteiger partial charge in [0.05, 0.1) is 18.1 Å². The van der Waals surface area contributed by atoms with Crippen LogP contribution < -0.4 is 4.74 Å². The van der Waals surface area contributed by atoms with Crippen LogP contribution in [0.15, 0.2) is 23.1 Å². The van der Waals surface area contributed by atoms with E-state index < -0.39 is 10.0 Å². The van der Waals surface area contributed by atoms with Crippen LogP contribution in [0.25, 0.3) is 0 Å².